The van der Waals surface area contributed by atoms with Crippen molar-refractivity contribution in [3.05, 3.63) is 0 Å². The highest BCUT2D eigenvalue weighted by atomic mass is 16.4. The summed E-state index contributed by atoms with van der Waals surface area (Å²) in [5.74, 6) is -3.01. The molecular formula is C10H16N2O5. The predicted molar refractivity (Wildman–Crippen MR) is 57.9 cm³/mol. The summed E-state index contributed by atoms with van der Waals surface area (Å²) >= 11 is 0. The third-order valence-corrected chi connectivity index (χ3v) is 2.17. The normalized spacial score (nSPS) is 13.4. The monoisotopic (exact) mass is 244 g/mol. The molecule has 0 heterocycles. The first kappa shape index (κ1) is 15.1. The van der Waals surface area contributed by atoms with Gasteiger partial charge in [-0.25, -0.2) is 0 Å². The van der Waals surface area contributed by atoms with Crippen LogP contribution < -0.4 is 5.32 Å². The Morgan fingerprint density at radius 1 is 1.06 bits per heavy atom. The van der Waals surface area contributed by atoms with Crippen molar-refractivity contribution < 1.29 is 24.3 Å². The van der Waals surface area contributed by atoms with Crippen LogP contribution >= 0.6 is 0 Å². The Bertz CT molecular complexity index is 339. The predicted octanol–water partition coefficient (Wildman–Crippen LogP) is -0.641. The number of carbonyl (C=O) groups excluding carboxylic acids is 3. The van der Waals surface area contributed by atoms with Gasteiger partial charge in [0.05, 0.1) is 0 Å². The summed E-state index contributed by atoms with van der Waals surface area (Å²) in [5, 5.41) is 10.8. The van der Waals surface area contributed by atoms with Crippen molar-refractivity contribution >= 4 is 23.7 Å². The number of hydrogen-bond acceptors (Lipinski definition) is 4. The summed E-state index contributed by atoms with van der Waals surface area (Å²) in [7, 11) is 0. The van der Waals surface area contributed by atoms with Crippen LogP contribution in [0.15, 0.2) is 0 Å². The van der Waals surface area contributed by atoms with Gasteiger partial charge in [0.15, 0.2) is 0 Å². The van der Waals surface area contributed by atoms with Crippen LogP contribution in [0.1, 0.15) is 27.7 Å². The van der Waals surface area contributed by atoms with Crippen LogP contribution in [0, 0.1) is 0 Å². The maximum atomic E-state index is 11.6. The van der Waals surface area contributed by atoms with Crippen molar-refractivity contribution in [2.75, 3.05) is 0 Å². The van der Waals surface area contributed by atoms with Crippen molar-refractivity contribution in [2.24, 2.45) is 0 Å². The zero-order valence-electron chi connectivity index (χ0n) is 10.2. The maximum Gasteiger partial charge on any atom is 0.325 e. The highest BCUT2D eigenvalue weighted by molar-refractivity contribution is 5.99. The first-order valence-electron chi connectivity index (χ1n) is 5.02. The number of hydrogen-bond donors (Lipinski definition) is 2. The molecule has 3 amide bonds. The number of nitrogens with zero attached hydrogens (tertiary/aromatic N) is 1. The standard InChI is InChI=1S/C10H16N2O5/c1-5(10(16)17)11-9(15)6(2)12(7(3)13)8(4)14/h5-6H,1-4H3,(H,11,15)(H,16,17). The minimum Gasteiger partial charge on any atom is -0.480 e. The third kappa shape index (κ3) is 4.21. The van der Waals surface area contributed by atoms with E-state index in [0.717, 1.165) is 18.7 Å². The number of aliphatic carboxylic acids is 1. The van der Waals surface area contributed by atoms with Crippen LogP contribution in [0.4, 0.5) is 0 Å². The van der Waals surface area contributed by atoms with E-state index in [-0.39, 0.29) is 0 Å². The third-order valence-electron chi connectivity index (χ3n) is 2.17. The average Bonchev–Trinajstić information content (AvgIpc) is 2.15. The molecular weight excluding hydrogens is 228 g/mol. The molecule has 96 valence electrons. The molecule has 0 aromatic heterocycles. The van der Waals surface area contributed by atoms with Gasteiger partial charge in [-0.1, -0.05) is 0 Å². The molecule has 0 rings (SSSR count). The molecule has 0 aliphatic heterocycles. The van der Waals surface area contributed by atoms with E-state index >= 15 is 0 Å². The molecule has 0 spiro atoms. The van der Waals surface area contributed by atoms with Gasteiger partial charge in [-0.15, -0.1) is 0 Å². The Kier molecular flexibility index (Phi) is 5.30. The van der Waals surface area contributed by atoms with Crippen molar-refractivity contribution in [3.8, 4) is 0 Å². The van der Waals surface area contributed by atoms with E-state index in [2.05, 4.69) is 5.32 Å². The second kappa shape index (κ2) is 5.97. The smallest absolute Gasteiger partial charge is 0.325 e. The molecule has 0 saturated carbocycles. The van der Waals surface area contributed by atoms with Gasteiger partial charge in [0, 0.05) is 13.8 Å². The van der Waals surface area contributed by atoms with Gasteiger partial charge in [-0.3, -0.25) is 24.1 Å². The number of imide groups is 1. The van der Waals surface area contributed by atoms with Crippen LogP contribution in [0.2, 0.25) is 0 Å². The molecule has 0 aliphatic carbocycles. The molecule has 2 unspecified atom stereocenters. The Morgan fingerprint density at radius 2 is 1.47 bits per heavy atom. The van der Waals surface area contributed by atoms with E-state index in [9.17, 15) is 19.2 Å². The van der Waals surface area contributed by atoms with Crippen LogP contribution in [-0.2, 0) is 19.2 Å². The molecule has 0 radical (unpaired) electrons. The van der Waals surface area contributed by atoms with Gasteiger partial charge >= 0.3 is 5.97 Å². The van der Waals surface area contributed by atoms with E-state index in [0.29, 0.717) is 0 Å². The Balaban J connectivity index is 4.73. The molecule has 0 aromatic rings. The lowest BCUT2D eigenvalue weighted by Gasteiger charge is -2.24. The van der Waals surface area contributed by atoms with E-state index in [1.54, 1.807) is 0 Å². The molecule has 0 bridgehead atoms. The van der Waals surface area contributed by atoms with E-state index in [1.807, 2.05) is 0 Å². The lowest BCUT2D eigenvalue weighted by atomic mass is 10.2. The van der Waals surface area contributed by atoms with E-state index in [4.69, 9.17) is 5.11 Å². The van der Waals surface area contributed by atoms with Crippen LogP contribution in [0.25, 0.3) is 0 Å². The minimum atomic E-state index is -1.19. The number of carboxylic acids is 1. The molecule has 0 saturated heterocycles. The van der Waals surface area contributed by atoms with Crippen molar-refractivity contribution in [2.45, 2.75) is 39.8 Å². The topological polar surface area (TPSA) is 104 Å². The molecule has 7 heteroatoms. The number of rotatable bonds is 4. The van der Waals surface area contributed by atoms with E-state index < -0.39 is 35.8 Å². The van der Waals surface area contributed by atoms with Crippen LogP contribution in [0.5, 0.6) is 0 Å². The summed E-state index contributed by atoms with van der Waals surface area (Å²) in [5.41, 5.74) is 0. The van der Waals surface area contributed by atoms with Gasteiger partial charge in [-0.2, -0.15) is 0 Å². The fourth-order valence-corrected chi connectivity index (χ4v) is 1.28. The fourth-order valence-electron chi connectivity index (χ4n) is 1.28. The molecule has 2 atom stereocenters. The lowest BCUT2D eigenvalue weighted by Crippen LogP contribution is -2.52. The van der Waals surface area contributed by atoms with Gasteiger partial charge in [0.1, 0.15) is 12.1 Å². The van der Waals surface area contributed by atoms with Gasteiger partial charge in [0.25, 0.3) is 0 Å². The van der Waals surface area contributed by atoms with E-state index in [1.165, 1.54) is 13.8 Å². The second-order valence-corrected chi connectivity index (χ2v) is 3.65. The first-order valence-corrected chi connectivity index (χ1v) is 5.02. The minimum absolute atomic E-state index is 0.567. The number of amides is 3. The molecule has 0 aromatic carbocycles. The molecule has 0 aliphatic rings. The van der Waals surface area contributed by atoms with Gasteiger partial charge < -0.3 is 10.4 Å². The lowest BCUT2D eigenvalue weighted by molar-refractivity contribution is -0.149. The Hall–Kier alpha value is -1.92. The van der Waals surface area contributed by atoms with Crippen molar-refractivity contribution in [1.82, 2.24) is 10.2 Å². The zero-order chi connectivity index (χ0) is 13.7. The molecule has 17 heavy (non-hydrogen) atoms. The highest BCUT2D eigenvalue weighted by Gasteiger charge is 2.28. The first-order chi connectivity index (χ1) is 7.68. The molecule has 2 N–H and O–H groups in total. The molecule has 7 nitrogen and oxygen atoms in total. The number of carboxylic acid groups (broad SMARTS) is 1. The van der Waals surface area contributed by atoms with Gasteiger partial charge in [0.2, 0.25) is 17.7 Å². The summed E-state index contributed by atoms with van der Waals surface area (Å²) in [6.45, 7) is 4.96. The maximum absolute atomic E-state index is 11.6. The summed E-state index contributed by atoms with van der Waals surface area (Å²) < 4.78 is 0. The van der Waals surface area contributed by atoms with Crippen molar-refractivity contribution in [3.63, 3.8) is 0 Å². The van der Waals surface area contributed by atoms with Crippen LogP contribution in [-0.4, -0.2) is 45.8 Å². The zero-order valence-corrected chi connectivity index (χ0v) is 10.2. The quantitative estimate of drug-likeness (QED) is 0.684. The van der Waals surface area contributed by atoms with Gasteiger partial charge in [-0.05, 0) is 13.8 Å². The van der Waals surface area contributed by atoms with Crippen molar-refractivity contribution in [1.29, 1.82) is 0 Å². The number of nitrogens with one attached hydrogen (secondary N) is 1. The SMILES string of the molecule is CC(=O)N(C(C)=O)C(C)C(=O)NC(C)C(=O)O. The summed E-state index contributed by atoms with van der Waals surface area (Å²) in [6.07, 6.45) is 0. The highest BCUT2D eigenvalue weighted by Crippen LogP contribution is 2.01. The number of carbonyl (C=O) groups is 4. The average molecular weight is 244 g/mol. The second-order valence-electron chi connectivity index (χ2n) is 3.65. The summed E-state index contributed by atoms with van der Waals surface area (Å²) in [6, 6.07) is -2.11. The molecule has 0 fully saturated rings. The largest absolute Gasteiger partial charge is 0.480 e. The van der Waals surface area contributed by atoms with Crippen LogP contribution in [0.3, 0.4) is 0 Å². The Morgan fingerprint density at radius 3 is 1.76 bits per heavy atom. The fraction of sp³-hybridized carbons (Fsp3) is 0.600. The summed E-state index contributed by atoms with van der Waals surface area (Å²) in [4.78, 5) is 45.2. The Labute approximate surface area is 98.8 Å².